The van der Waals surface area contributed by atoms with Crippen molar-refractivity contribution in [1.82, 2.24) is 19.8 Å². The molecule has 2 amide bonds. The molecular formula is C19H24N4O4. The lowest BCUT2D eigenvalue weighted by Gasteiger charge is -2.39. The third kappa shape index (κ3) is 3.28. The van der Waals surface area contributed by atoms with E-state index in [1.807, 2.05) is 4.90 Å². The number of carboxylic acid groups (broad SMARTS) is 1. The molecule has 1 aromatic rings. The number of carboxylic acids is 1. The van der Waals surface area contributed by atoms with Crippen LogP contribution in [-0.2, 0) is 9.59 Å². The first-order valence-electron chi connectivity index (χ1n) is 9.49. The average molecular weight is 372 g/mol. The second kappa shape index (κ2) is 6.58. The average Bonchev–Trinajstić information content (AvgIpc) is 3.44. The summed E-state index contributed by atoms with van der Waals surface area (Å²) < 4.78 is 0. The maximum Gasteiger partial charge on any atom is 0.326 e. The van der Waals surface area contributed by atoms with Gasteiger partial charge in [-0.3, -0.25) is 9.59 Å². The molecular weight excluding hydrogens is 348 g/mol. The molecule has 4 rings (SSSR count). The molecule has 3 heterocycles. The molecule has 0 bridgehead atoms. The van der Waals surface area contributed by atoms with Crippen molar-refractivity contribution >= 4 is 17.8 Å². The first-order valence-corrected chi connectivity index (χ1v) is 9.49. The Morgan fingerprint density at radius 3 is 2.52 bits per heavy atom. The summed E-state index contributed by atoms with van der Waals surface area (Å²) in [6, 6.07) is -0.845. The van der Waals surface area contributed by atoms with Gasteiger partial charge in [0.05, 0.1) is 11.3 Å². The van der Waals surface area contributed by atoms with Crippen LogP contribution in [0, 0.1) is 18.3 Å². The number of aliphatic carboxylic acids is 1. The van der Waals surface area contributed by atoms with E-state index in [0.717, 1.165) is 25.7 Å². The fourth-order valence-corrected chi connectivity index (χ4v) is 4.40. The number of hydrogen-bond donors (Lipinski definition) is 1. The Morgan fingerprint density at radius 1 is 1.22 bits per heavy atom. The number of likely N-dealkylation sites (tertiary alicyclic amines) is 2. The molecule has 8 heteroatoms. The van der Waals surface area contributed by atoms with Gasteiger partial charge in [0.2, 0.25) is 5.91 Å². The minimum Gasteiger partial charge on any atom is -0.480 e. The first-order chi connectivity index (χ1) is 12.9. The number of amides is 2. The Kier molecular flexibility index (Phi) is 4.36. The lowest BCUT2D eigenvalue weighted by atomic mass is 9.76. The highest BCUT2D eigenvalue weighted by Crippen LogP contribution is 2.45. The Morgan fingerprint density at radius 2 is 1.93 bits per heavy atom. The monoisotopic (exact) mass is 372 g/mol. The van der Waals surface area contributed by atoms with E-state index in [9.17, 15) is 19.5 Å². The second-order valence-electron chi connectivity index (χ2n) is 8.11. The topological polar surface area (TPSA) is 104 Å². The fraction of sp³-hybridized carbons (Fsp3) is 0.632. The smallest absolute Gasteiger partial charge is 0.326 e. The quantitative estimate of drug-likeness (QED) is 0.852. The lowest BCUT2D eigenvalue weighted by molar-refractivity contribution is -0.141. The summed E-state index contributed by atoms with van der Waals surface area (Å²) in [5, 5.41) is 9.69. The predicted molar refractivity (Wildman–Crippen MR) is 94.8 cm³/mol. The lowest BCUT2D eigenvalue weighted by Crippen LogP contribution is -2.45. The van der Waals surface area contributed by atoms with Gasteiger partial charge in [0, 0.05) is 31.7 Å². The molecule has 144 valence electrons. The van der Waals surface area contributed by atoms with Crippen LogP contribution in [0.5, 0.6) is 0 Å². The van der Waals surface area contributed by atoms with Crippen molar-refractivity contribution in [2.45, 2.75) is 45.1 Å². The van der Waals surface area contributed by atoms with Crippen molar-refractivity contribution in [2.24, 2.45) is 11.3 Å². The van der Waals surface area contributed by atoms with Crippen molar-refractivity contribution in [3.63, 3.8) is 0 Å². The summed E-state index contributed by atoms with van der Waals surface area (Å²) in [6.45, 7) is 3.43. The highest BCUT2D eigenvalue weighted by molar-refractivity contribution is 5.97. The molecule has 0 aromatic carbocycles. The highest BCUT2D eigenvalue weighted by Gasteiger charge is 2.51. The molecule has 3 aliphatic rings. The van der Waals surface area contributed by atoms with Crippen LogP contribution in [0.2, 0.25) is 0 Å². The summed E-state index contributed by atoms with van der Waals surface area (Å²) in [7, 11) is 0. The molecule has 1 atom stereocenters. The van der Waals surface area contributed by atoms with Crippen LogP contribution in [-0.4, -0.2) is 68.3 Å². The molecule has 1 aromatic heterocycles. The minimum atomic E-state index is -0.980. The number of piperidine rings is 1. The highest BCUT2D eigenvalue weighted by atomic mass is 16.4. The van der Waals surface area contributed by atoms with Gasteiger partial charge in [-0.1, -0.05) is 0 Å². The number of carbonyl (C=O) groups is 3. The van der Waals surface area contributed by atoms with Crippen LogP contribution < -0.4 is 0 Å². The molecule has 1 saturated carbocycles. The van der Waals surface area contributed by atoms with Gasteiger partial charge in [-0.15, -0.1) is 0 Å². The molecule has 2 saturated heterocycles. The van der Waals surface area contributed by atoms with Crippen LogP contribution in [0.3, 0.4) is 0 Å². The maximum atomic E-state index is 13.0. The van der Waals surface area contributed by atoms with Gasteiger partial charge in [-0.25, -0.2) is 14.8 Å². The van der Waals surface area contributed by atoms with E-state index >= 15 is 0 Å². The number of carbonyl (C=O) groups excluding carboxylic acids is 2. The zero-order valence-electron chi connectivity index (χ0n) is 15.4. The Labute approximate surface area is 157 Å². The minimum absolute atomic E-state index is 0.202. The third-order valence-electron chi connectivity index (χ3n) is 6.26. The maximum absolute atomic E-state index is 13.0. The van der Waals surface area contributed by atoms with E-state index in [1.165, 1.54) is 17.4 Å². The van der Waals surface area contributed by atoms with Crippen LogP contribution >= 0.6 is 0 Å². The fourth-order valence-electron chi connectivity index (χ4n) is 4.40. The summed E-state index contributed by atoms with van der Waals surface area (Å²) in [5.41, 5.74) is 0.662. The van der Waals surface area contributed by atoms with Crippen molar-refractivity contribution in [2.75, 3.05) is 19.6 Å². The van der Waals surface area contributed by atoms with Gasteiger partial charge in [0.15, 0.2) is 0 Å². The van der Waals surface area contributed by atoms with Crippen LogP contribution in [0.25, 0.3) is 0 Å². The van der Waals surface area contributed by atoms with Crippen molar-refractivity contribution in [1.29, 1.82) is 0 Å². The number of hydrogen-bond acceptors (Lipinski definition) is 5. The molecule has 27 heavy (non-hydrogen) atoms. The van der Waals surface area contributed by atoms with Crippen LogP contribution in [0.4, 0.5) is 0 Å². The Bertz CT molecular complexity index is 784. The molecule has 3 fully saturated rings. The van der Waals surface area contributed by atoms with Crippen molar-refractivity contribution < 1.29 is 19.5 Å². The Hall–Kier alpha value is -2.51. The van der Waals surface area contributed by atoms with Gasteiger partial charge >= 0.3 is 5.97 Å². The second-order valence-corrected chi connectivity index (χ2v) is 8.11. The van der Waals surface area contributed by atoms with Crippen molar-refractivity contribution in [3.05, 3.63) is 23.8 Å². The molecule has 1 spiro atoms. The van der Waals surface area contributed by atoms with Gasteiger partial charge in [-0.05, 0) is 44.4 Å². The summed E-state index contributed by atoms with van der Waals surface area (Å²) in [6.07, 6.45) is 6.72. The number of aromatic nitrogens is 2. The standard InChI is InChI=1S/C19H24N4O4/c1-12-14(9-20-11-21-12)17(25)23-10-19(8-15(23)18(26)27)4-6-22(7-5-19)16(24)13-2-3-13/h9,11,13,15H,2-8,10H2,1H3,(H,26,27)/t15-/m0/s1. The zero-order chi connectivity index (χ0) is 19.2. The zero-order valence-corrected chi connectivity index (χ0v) is 15.4. The number of nitrogens with zero attached hydrogens (tertiary/aromatic N) is 4. The van der Waals surface area contributed by atoms with Crippen LogP contribution in [0.1, 0.15) is 48.2 Å². The van der Waals surface area contributed by atoms with Gasteiger partial charge in [-0.2, -0.15) is 0 Å². The van der Waals surface area contributed by atoms with E-state index in [0.29, 0.717) is 37.3 Å². The number of rotatable bonds is 3. The molecule has 2 aliphatic heterocycles. The summed E-state index contributed by atoms with van der Waals surface area (Å²) in [5.74, 6) is -0.865. The molecule has 1 aliphatic carbocycles. The SMILES string of the molecule is Cc1ncncc1C(=O)N1CC2(CCN(C(=O)C3CC3)CC2)C[C@H]1C(=O)O. The predicted octanol–water partition coefficient (Wildman–Crippen LogP) is 1.10. The van der Waals surface area contributed by atoms with Crippen LogP contribution in [0.15, 0.2) is 12.5 Å². The largest absolute Gasteiger partial charge is 0.480 e. The van der Waals surface area contributed by atoms with E-state index in [4.69, 9.17) is 0 Å². The first kappa shape index (κ1) is 17.9. The Balaban J connectivity index is 1.51. The normalized spacial score (nSPS) is 24.3. The van der Waals surface area contributed by atoms with E-state index < -0.39 is 12.0 Å². The van der Waals surface area contributed by atoms with Crippen molar-refractivity contribution in [3.8, 4) is 0 Å². The molecule has 1 N–H and O–H groups in total. The van der Waals surface area contributed by atoms with Gasteiger partial charge in [0.25, 0.3) is 5.91 Å². The van der Waals surface area contributed by atoms with E-state index in [2.05, 4.69) is 9.97 Å². The van der Waals surface area contributed by atoms with Gasteiger partial charge in [0.1, 0.15) is 12.4 Å². The molecule has 0 radical (unpaired) electrons. The summed E-state index contributed by atoms with van der Waals surface area (Å²) in [4.78, 5) is 48.5. The van der Waals surface area contributed by atoms with E-state index in [-0.39, 0.29) is 23.1 Å². The molecule has 8 nitrogen and oxygen atoms in total. The van der Waals surface area contributed by atoms with Gasteiger partial charge < -0.3 is 14.9 Å². The van der Waals surface area contributed by atoms with E-state index in [1.54, 1.807) is 6.92 Å². The number of aryl methyl sites for hydroxylation is 1. The molecule has 0 unspecified atom stereocenters. The summed E-state index contributed by atoms with van der Waals surface area (Å²) >= 11 is 0. The third-order valence-corrected chi connectivity index (χ3v) is 6.26.